The van der Waals surface area contributed by atoms with Gasteiger partial charge in [0.25, 0.3) is 5.91 Å². The van der Waals surface area contributed by atoms with Gasteiger partial charge in [0.1, 0.15) is 11.6 Å². The minimum atomic E-state index is -0.659. The molecule has 2 N–H and O–H groups in total. The Labute approximate surface area is 200 Å². The highest BCUT2D eigenvalue weighted by Gasteiger charge is 2.35. The lowest BCUT2D eigenvalue weighted by atomic mass is 10.1. The fraction of sp³-hybridized carbons (Fsp3) is 0.240. The summed E-state index contributed by atoms with van der Waals surface area (Å²) < 4.78 is 29.9. The number of hydrogen-bond donors (Lipinski definition) is 2. The third-order valence-electron chi connectivity index (χ3n) is 5.76. The second-order valence-corrected chi connectivity index (χ2v) is 7.97. The predicted molar refractivity (Wildman–Crippen MR) is 126 cm³/mol. The summed E-state index contributed by atoms with van der Waals surface area (Å²) in [7, 11) is 3.02. The lowest BCUT2D eigenvalue weighted by molar-refractivity contribution is -0.122. The highest BCUT2D eigenvalue weighted by Crippen LogP contribution is 2.34. The molecule has 1 aliphatic rings. The number of amides is 3. The van der Waals surface area contributed by atoms with E-state index in [1.165, 1.54) is 43.6 Å². The van der Waals surface area contributed by atoms with Crippen molar-refractivity contribution in [1.82, 2.24) is 0 Å². The first-order chi connectivity index (χ1) is 16.8. The number of aryl methyl sites for hydroxylation is 1. The molecule has 0 aliphatic carbocycles. The standard InChI is InChI=1S/C25H24FN3O6/c1-14-18(8-9-35-14)25(32)28-20-11-16(4-6-19(20)26)27-24(31)15-10-23(30)29(13-15)17-5-7-21(33-2)22(12-17)34-3/h4-9,11-12,15H,10,13H2,1-3H3,(H,27,31)(H,28,32). The van der Waals surface area contributed by atoms with Crippen molar-refractivity contribution in [2.45, 2.75) is 13.3 Å². The van der Waals surface area contributed by atoms with E-state index in [1.807, 2.05) is 0 Å². The molecule has 182 valence electrons. The van der Waals surface area contributed by atoms with E-state index in [2.05, 4.69) is 10.6 Å². The van der Waals surface area contributed by atoms with Crippen LogP contribution in [0.25, 0.3) is 0 Å². The van der Waals surface area contributed by atoms with Gasteiger partial charge in [-0.15, -0.1) is 0 Å². The summed E-state index contributed by atoms with van der Waals surface area (Å²) in [6.07, 6.45) is 1.39. The minimum Gasteiger partial charge on any atom is -0.493 e. The average Bonchev–Trinajstić information content (AvgIpc) is 3.46. The number of hydrogen-bond acceptors (Lipinski definition) is 6. The normalized spacial score (nSPS) is 15.1. The maximum absolute atomic E-state index is 14.3. The topological polar surface area (TPSA) is 110 Å². The predicted octanol–water partition coefficient (Wildman–Crippen LogP) is 3.99. The van der Waals surface area contributed by atoms with Crippen LogP contribution in [0.5, 0.6) is 11.5 Å². The fourth-order valence-corrected chi connectivity index (χ4v) is 3.88. The van der Waals surface area contributed by atoms with Gasteiger partial charge in [-0.05, 0) is 43.3 Å². The van der Waals surface area contributed by atoms with Gasteiger partial charge in [-0.1, -0.05) is 0 Å². The summed E-state index contributed by atoms with van der Waals surface area (Å²) in [6.45, 7) is 1.79. The molecular formula is C25H24FN3O6. The van der Waals surface area contributed by atoms with Gasteiger partial charge < -0.3 is 29.4 Å². The largest absolute Gasteiger partial charge is 0.493 e. The summed E-state index contributed by atoms with van der Waals surface area (Å²) in [5.74, 6) is -1.02. The first-order valence-electron chi connectivity index (χ1n) is 10.8. The number of nitrogens with one attached hydrogen (secondary N) is 2. The van der Waals surface area contributed by atoms with Gasteiger partial charge in [-0.25, -0.2) is 4.39 Å². The van der Waals surface area contributed by atoms with Crippen LogP contribution in [0.4, 0.5) is 21.5 Å². The Morgan fingerprint density at radius 2 is 1.83 bits per heavy atom. The van der Waals surface area contributed by atoms with E-state index in [9.17, 15) is 18.8 Å². The molecule has 9 nitrogen and oxygen atoms in total. The van der Waals surface area contributed by atoms with Crippen molar-refractivity contribution >= 4 is 34.8 Å². The zero-order chi connectivity index (χ0) is 25.1. The number of carbonyl (C=O) groups is 3. The SMILES string of the molecule is COc1ccc(N2CC(C(=O)Nc3ccc(F)c(NC(=O)c4ccoc4C)c3)CC2=O)cc1OC. The van der Waals surface area contributed by atoms with Gasteiger partial charge in [0.2, 0.25) is 11.8 Å². The molecular weight excluding hydrogens is 457 g/mol. The maximum Gasteiger partial charge on any atom is 0.259 e. The van der Waals surface area contributed by atoms with Crippen molar-refractivity contribution < 1.29 is 32.7 Å². The van der Waals surface area contributed by atoms with E-state index < -0.39 is 23.5 Å². The molecule has 35 heavy (non-hydrogen) atoms. The molecule has 2 aromatic carbocycles. The number of furan rings is 1. The fourth-order valence-electron chi connectivity index (χ4n) is 3.88. The number of halogens is 1. The molecule has 2 heterocycles. The molecule has 1 fully saturated rings. The van der Waals surface area contributed by atoms with E-state index in [4.69, 9.17) is 13.9 Å². The van der Waals surface area contributed by atoms with Crippen LogP contribution in [0.2, 0.25) is 0 Å². The van der Waals surface area contributed by atoms with Crippen molar-refractivity contribution in [3.63, 3.8) is 0 Å². The summed E-state index contributed by atoms with van der Waals surface area (Å²) >= 11 is 0. The van der Waals surface area contributed by atoms with Crippen molar-refractivity contribution in [2.24, 2.45) is 5.92 Å². The maximum atomic E-state index is 14.3. The van der Waals surface area contributed by atoms with Crippen molar-refractivity contribution in [3.8, 4) is 11.5 Å². The molecule has 1 unspecified atom stereocenters. The Morgan fingerprint density at radius 1 is 1.06 bits per heavy atom. The first-order valence-corrected chi connectivity index (χ1v) is 10.8. The molecule has 0 saturated carbocycles. The molecule has 1 aliphatic heterocycles. The first kappa shape index (κ1) is 23.8. The second-order valence-electron chi connectivity index (χ2n) is 7.97. The van der Waals surface area contributed by atoms with E-state index in [0.717, 1.165) is 6.07 Å². The number of anilines is 3. The van der Waals surface area contributed by atoms with Gasteiger partial charge >= 0.3 is 0 Å². The van der Waals surface area contributed by atoms with Crippen LogP contribution in [0.3, 0.4) is 0 Å². The molecule has 3 amide bonds. The monoisotopic (exact) mass is 481 g/mol. The third kappa shape index (κ3) is 4.96. The van der Waals surface area contributed by atoms with Crippen molar-refractivity contribution in [3.05, 3.63) is 65.9 Å². The van der Waals surface area contributed by atoms with Crippen LogP contribution < -0.4 is 25.0 Å². The number of carbonyl (C=O) groups excluding carboxylic acids is 3. The number of benzene rings is 2. The Balaban J connectivity index is 1.45. The number of nitrogens with zero attached hydrogens (tertiary/aromatic N) is 1. The zero-order valence-corrected chi connectivity index (χ0v) is 19.4. The molecule has 0 bridgehead atoms. The summed E-state index contributed by atoms with van der Waals surface area (Å²) in [4.78, 5) is 39.4. The summed E-state index contributed by atoms with van der Waals surface area (Å²) in [6, 6.07) is 10.4. The van der Waals surface area contributed by atoms with Crippen LogP contribution in [0, 0.1) is 18.7 Å². The van der Waals surface area contributed by atoms with Gasteiger partial charge in [0, 0.05) is 30.4 Å². The minimum absolute atomic E-state index is 0.0186. The molecule has 1 aromatic heterocycles. The van der Waals surface area contributed by atoms with Crippen LogP contribution in [0.15, 0.2) is 53.1 Å². The molecule has 4 rings (SSSR count). The quantitative estimate of drug-likeness (QED) is 0.528. The van der Waals surface area contributed by atoms with Crippen LogP contribution in [-0.2, 0) is 9.59 Å². The molecule has 1 atom stereocenters. The summed E-state index contributed by atoms with van der Waals surface area (Å²) in [5.41, 5.74) is 1.05. The third-order valence-corrected chi connectivity index (χ3v) is 5.76. The van der Waals surface area contributed by atoms with E-state index in [1.54, 1.807) is 25.1 Å². The van der Waals surface area contributed by atoms with Crippen LogP contribution >= 0.6 is 0 Å². The molecule has 0 radical (unpaired) electrons. The Bertz CT molecular complexity index is 1290. The lowest BCUT2D eigenvalue weighted by Crippen LogP contribution is -2.28. The van der Waals surface area contributed by atoms with E-state index in [-0.39, 0.29) is 35.8 Å². The molecule has 10 heteroatoms. The molecule has 3 aromatic rings. The van der Waals surface area contributed by atoms with E-state index >= 15 is 0 Å². The Hall–Kier alpha value is -4.34. The zero-order valence-electron chi connectivity index (χ0n) is 19.4. The molecule has 0 spiro atoms. The molecule has 1 saturated heterocycles. The number of methoxy groups -OCH3 is 2. The van der Waals surface area contributed by atoms with Crippen LogP contribution in [-0.4, -0.2) is 38.5 Å². The Morgan fingerprint density at radius 3 is 2.51 bits per heavy atom. The highest BCUT2D eigenvalue weighted by molar-refractivity contribution is 6.06. The van der Waals surface area contributed by atoms with Gasteiger partial charge in [-0.2, -0.15) is 0 Å². The number of rotatable bonds is 7. The summed E-state index contributed by atoms with van der Waals surface area (Å²) in [5, 5.41) is 5.19. The van der Waals surface area contributed by atoms with Gasteiger partial charge in [-0.3, -0.25) is 14.4 Å². The van der Waals surface area contributed by atoms with E-state index in [0.29, 0.717) is 22.9 Å². The number of ether oxygens (including phenoxy) is 2. The van der Waals surface area contributed by atoms with Gasteiger partial charge in [0.15, 0.2) is 11.5 Å². The second kappa shape index (κ2) is 9.88. The Kier molecular flexibility index (Phi) is 6.72. The van der Waals surface area contributed by atoms with Crippen molar-refractivity contribution in [1.29, 1.82) is 0 Å². The van der Waals surface area contributed by atoms with Crippen LogP contribution in [0.1, 0.15) is 22.5 Å². The lowest BCUT2D eigenvalue weighted by Gasteiger charge is -2.18. The van der Waals surface area contributed by atoms with Gasteiger partial charge in [0.05, 0.1) is 37.7 Å². The average molecular weight is 481 g/mol. The highest BCUT2D eigenvalue weighted by atomic mass is 19.1. The smallest absolute Gasteiger partial charge is 0.259 e. The van der Waals surface area contributed by atoms with Crippen molar-refractivity contribution in [2.75, 3.05) is 36.3 Å².